The summed E-state index contributed by atoms with van der Waals surface area (Å²) in [7, 11) is 6.16. The van der Waals surface area contributed by atoms with Crippen LogP contribution < -0.4 is 4.74 Å². The Labute approximate surface area is 124 Å². The molecule has 1 atom stereocenters. The average molecular weight is 327 g/mol. The van der Waals surface area contributed by atoms with Crippen LogP contribution in [0.1, 0.15) is 18.4 Å². The van der Waals surface area contributed by atoms with E-state index in [1.54, 1.807) is 7.11 Å². The van der Waals surface area contributed by atoms with E-state index in [0.29, 0.717) is 6.04 Å². The van der Waals surface area contributed by atoms with Gasteiger partial charge in [0.25, 0.3) is 0 Å². The van der Waals surface area contributed by atoms with Crippen molar-refractivity contribution in [1.82, 2.24) is 9.80 Å². The average Bonchev–Trinajstić information content (AvgIpc) is 2.39. The van der Waals surface area contributed by atoms with Gasteiger partial charge in [-0.15, -0.1) is 0 Å². The number of benzene rings is 1. The van der Waals surface area contributed by atoms with Gasteiger partial charge in [-0.3, -0.25) is 4.90 Å². The number of methoxy groups -OCH3 is 1. The minimum atomic E-state index is 0.641. The Morgan fingerprint density at radius 1 is 1.47 bits per heavy atom. The van der Waals surface area contributed by atoms with Crippen molar-refractivity contribution in [3.63, 3.8) is 0 Å². The van der Waals surface area contributed by atoms with Crippen LogP contribution in [0.25, 0.3) is 0 Å². The van der Waals surface area contributed by atoms with Crippen LogP contribution >= 0.6 is 15.9 Å². The van der Waals surface area contributed by atoms with Crippen molar-refractivity contribution in [2.75, 3.05) is 34.3 Å². The predicted octanol–water partition coefficient (Wildman–Crippen LogP) is 2.98. The second kappa shape index (κ2) is 6.73. The quantitative estimate of drug-likeness (QED) is 0.846. The van der Waals surface area contributed by atoms with Gasteiger partial charge in [-0.1, -0.05) is 15.9 Å². The first-order chi connectivity index (χ1) is 9.10. The summed E-state index contributed by atoms with van der Waals surface area (Å²) in [5.41, 5.74) is 1.24. The maximum Gasteiger partial charge on any atom is 0.123 e. The molecule has 3 nitrogen and oxygen atoms in total. The first-order valence-electron chi connectivity index (χ1n) is 6.81. The number of nitrogens with zero attached hydrogens (tertiary/aromatic N) is 2. The van der Waals surface area contributed by atoms with Gasteiger partial charge in [-0.25, -0.2) is 0 Å². The van der Waals surface area contributed by atoms with Gasteiger partial charge in [0.2, 0.25) is 0 Å². The third-order valence-electron chi connectivity index (χ3n) is 3.89. The van der Waals surface area contributed by atoms with Crippen LogP contribution in [0.2, 0.25) is 0 Å². The molecular formula is C15H23BrN2O. The molecule has 1 aliphatic rings. The number of halogens is 1. The van der Waals surface area contributed by atoms with Gasteiger partial charge in [0, 0.05) is 29.2 Å². The van der Waals surface area contributed by atoms with E-state index in [1.165, 1.54) is 24.9 Å². The second-order valence-electron chi connectivity index (χ2n) is 5.43. The summed E-state index contributed by atoms with van der Waals surface area (Å²) in [5.74, 6) is 0.971. The third-order valence-corrected chi connectivity index (χ3v) is 4.38. The summed E-state index contributed by atoms with van der Waals surface area (Å²) in [6.07, 6.45) is 2.58. The fourth-order valence-corrected chi connectivity index (χ4v) is 3.18. The Hall–Kier alpha value is -0.580. The van der Waals surface area contributed by atoms with Crippen molar-refractivity contribution < 1.29 is 4.74 Å². The molecule has 1 aromatic rings. The molecule has 1 aliphatic heterocycles. The molecule has 1 heterocycles. The molecule has 1 aromatic carbocycles. The van der Waals surface area contributed by atoms with Crippen LogP contribution in [0.3, 0.4) is 0 Å². The maximum atomic E-state index is 5.45. The van der Waals surface area contributed by atoms with Crippen molar-refractivity contribution in [3.8, 4) is 5.75 Å². The Morgan fingerprint density at radius 3 is 2.95 bits per heavy atom. The molecule has 106 valence electrons. The standard InChI is InChI=1S/C15H23BrN2O/c1-17-8-4-5-14(11-17)18(2)10-12-9-13(16)6-7-15(12)19-3/h6-7,9,14H,4-5,8,10-11H2,1-3H3. The summed E-state index contributed by atoms with van der Waals surface area (Å²) in [4.78, 5) is 4.86. The molecule has 0 amide bonds. The van der Waals surface area contributed by atoms with Gasteiger partial charge in [0.1, 0.15) is 5.75 Å². The largest absolute Gasteiger partial charge is 0.496 e. The number of piperidine rings is 1. The Morgan fingerprint density at radius 2 is 2.26 bits per heavy atom. The fraction of sp³-hybridized carbons (Fsp3) is 0.600. The molecule has 4 heteroatoms. The highest BCUT2D eigenvalue weighted by atomic mass is 79.9. The van der Waals surface area contributed by atoms with Crippen LogP contribution in [0, 0.1) is 0 Å². The third kappa shape index (κ3) is 3.94. The van der Waals surface area contributed by atoms with Gasteiger partial charge in [0.05, 0.1) is 7.11 Å². The smallest absolute Gasteiger partial charge is 0.123 e. The normalized spacial score (nSPS) is 20.8. The summed E-state index contributed by atoms with van der Waals surface area (Å²) in [6.45, 7) is 3.32. The lowest BCUT2D eigenvalue weighted by atomic mass is 10.0. The molecule has 19 heavy (non-hydrogen) atoms. The van der Waals surface area contributed by atoms with E-state index in [4.69, 9.17) is 4.74 Å². The van der Waals surface area contributed by atoms with Gasteiger partial charge in [0.15, 0.2) is 0 Å². The van der Waals surface area contributed by atoms with Gasteiger partial charge < -0.3 is 9.64 Å². The topological polar surface area (TPSA) is 15.7 Å². The van der Waals surface area contributed by atoms with Crippen LogP contribution in [0.5, 0.6) is 5.75 Å². The number of hydrogen-bond acceptors (Lipinski definition) is 3. The molecule has 0 saturated carbocycles. The Balaban J connectivity index is 2.05. The summed E-state index contributed by atoms with van der Waals surface area (Å²) < 4.78 is 6.56. The van der Waals surface area contributed by atoms with Crippen molar-refractivity contribution >= 4 is 15.9 Å². The number of rotatable bonds is 4. The van der Waals surface area contributed by atoms with Crippen LogP contribution in [0.15, 0.2) is 22.7 Å². The lowest BCUT2D eigenvalue weighted by Crippen LogP contribution is -2.44. The second-order valence-corrected chi connectivity index (χ2v) is 6.35. The zero-order valence-corrected chi connectivity index (χ0v) is 13.6. The van der Waals surface area contributed by atoms with E-state index >= 15 is 0 Å². The first-order valence-corrected chi connectivity index (χ1v) is 7.60. The van der Waals surface area contributed by atoms with Crippen LogP contribution in [0.4, 0.5) is 0 Å². The minimum Gasteiger partial charge on any atom is -0.496 e. The van der Waals surface area contributed by atoms with E-state index in [9.17, 15) is 0 Å². The van der Waals surface area contributed by atoms with Gasteiger partial charge >= 0.3 is 0 Å². The molecule has 2 rings (SSSR count). The molecule has 1 fully saturated rings. The van der Waals surface area contributed by atoms with Crippen molar-refractivity contribution in [2.45, 2.75) is 25.4 Å². The van der Waals surface area contributed by atoms with Gasteiger partial charge in [-0.05, 0) is 51.7 Å². The SMILES string of the molecule is COc1ccc(Br)cc1CN(C)C1CCCN(C)C1. The van der Waals surface area contributed by atoms with E-state index in [2.05, 4.69) is 45.9 Å². The van der Waals surface area contributed by atoms with E-state index < -0.39 is 0 Å². The number of hydrogen-bond donors (Lipinski definition) is 0. The monoisotopic (exact) mass is 326 g/mol. The molecule has 1 saturated heterocycles. The van der Waals surface area contributed by atoms with E-state index in [1.807, 2.05) is 12.1 Å². The van der Waals surface area contributed by atoms with Gasteiger partial charge in [-0.2, -0.15) is 0 Å². The Bertz CT molecular complexity index is 425. The molecule has 1 unspecified atom stereocenters. The first kappa shape index (κ1) is 14.8. The summed E-state index contributed by atoms with van der Waals surface area (Å²) in [6, 6.07) is 6.85. The molecule has 0 N–H and O–H groups in total. The highest BCUT2D eigenvalue weighted by Crippen LogP contribution is 2.25. The minimum absolute atomic E-state index is 0.641. The highest BCUT2D eigenvalue weighted by Gasteiger charge is 2.21. The van der Waals surface area contributed by atoms with Crippen LogP contribution in [-0.4, -0.2) is 50.1 Å². The molecule has 0 aliphatic carbocycles. The zero-order valence-electron chi connectivity index (χ0n) is 12.0. The van der Waals surface area contributed by atoms with E-state index in [-0.39, 0.29) is 0 Å². The predicted molar refractivity (Wildman–Crippen MR) is 82.7 cm³/mol. The summed E-state index contributed by atoms with van der Waals surface area (Å²) in [5, 5.41) is 0. The summed E-state index contributed by atoms with van der Waals surface area (Å²) >= 11 is 3.54. The van der Waals surface area contributed by atoms with Crippen molar-refractivity contribution in [3.05, 3.63) is 28.2 Å². The number of likely N-dealkylation sites (tertiary alicyclic amines) is 1. The maximum absolute atomic E-state index is 5.45. The lowest BCUT2D eigenvalue weighted by molar-refractivity contribution is 0.128. The number of likely N-dealkylation sites (N-methyl/N-ethyl adjacent to an activating group) is 2. The van der Waals surface area contributed by atoms with Crippen LogP contribution in [-0.2, 0) is 6.54 Å². The highest BCUT2D eigenvalue weighted by molar-refractivity contribution is 9.10. The lowest BCUT2D eigenvalue weighted by Gasteiger charge is -2.36. The molecule has 0 radical (unpaired) electrons. The fourth-order valence-electron chi connectivity index (χ4n) is 2.77. The zero-order chi connectivity index (χ0) is 13.8. The van der Waals surface area contributed by atoms with Crippen molar-refractivity contribution in [2.24, 2.45) is 0 Å². The molecule has 0 bridgehead atoms. The molecule has 0 aromatic heterocycles. The molecular weight excluding hydrogens is 304 g/mol. The van der Waals surface area contributed by atoms with E-state index in [0.717, 1.165) is 23.3 Å². The Kier molecular flexibility index (Phi) is 5.25. The van der Waals surface area contributed by atoms with Crippen molar-refractivity contribution in [1.29, 1.82) is 0 Å². The molecule has 0 spiro atoms. The number of ether oxygens (including phenoxy) is 1.